The predicted octanol–water partition coefficient (Wildman–Crippen LogP) is 4.26. The number of hydrogen-bond donors (Lipinski definition) is 1. The number of rotatable bonds is 5. The summed E-state index contributed by atoms with van der Waals surface area (Å²) in [5.41, 5.74) is 1.49. The molecule has 0 aliphatic heterocycles. The van der Waals surface area contributed by atoms with Crippen LogP contribution in [0.15, 0.2) is 34.1 Å². The number of aromatic nitrogens is 1. The van der Waals surface area contributed by atoms with E-state index < -0.39 is 0 Å². The fourth-order valence-corrected chi connectivity index (χ4v) is 2.87. The number of anilines is 1. The molecule has 0 radical (unpaired) electrons. The topological polar surface area (TPSA) is 51.2 Å². The number of nitrogens with zero attached hydrogens (tertiary/aromatic N) is 1. The minimum Gasteiger partial charge on any atom is -0.461 e. The maximum absolute atomic E-state index is 11.5. The van der Waals surface area contributed by atoms with E-state index >= 15 is 0 Å². The number of carbonyl (C=O) groups excluding carboxylic acids is 1. The molecule has 0 aliphatic rings. The van der Waals surface area contributed by atoms with Crippen molar-refractivity contribution in [2.75, 3.05) is 11.9 Å². The van der Waals surface area contributed by atoms with Crippen molar-refractivity contribution in [2.45, 2.75) is 19.9 Å². The van der Waals surface area contributed by atoms with E-state index in [1.54, 1.807) is 12.3 Å². The molecule has 0 saturated carbocycles. The maximum Gasteiger partial charge on any atom is 0.357 e. The smallest absolute Gasteiger partial charge is 0.357 e. The van der Waals surface area contributed by atoms with Gasteiger partial charge in [0.1, 0.15) is 0 Å². The highest BCUT2D eigenvalue weighted by atomic mass is 79.9. The minimum absolute atomic E-state index is 0.105. The second kappa shape index (κ2) is 6.85. The van der Waals surface area contributed by atoms with E-state index in [9.17, 15) is 4.79 Å². The lowest BCUT2D eigenvalue weighted by atomic mass is 10.1. The van der Waals surface area contributed by atoms with Crippen LogP contribution in [-0.4, -0.2) is 17.6 Å². The highest BCUT2D eigenvalue weighted by Crippen LogP contribution is 2.24. The monoisotopic (exact) mass is 354 g/mol. The third-order valence-corrected chi connectivity index (χ3v) is 3.94. The molecular formula is C14H15BrN2O2S. The van der Waals surface area contributed by atoms with E-state index in [4.69, 9.17) is 4.74 Å². The molecule has 0 bridgehead atoms. The molecule has 20 heavy (non-hydrogen) atoms. The van der Waals surface area contributed by atoms with E-state index in [1.165, 1.54) is 11.3 Å². The molecule has 1 aromatic carbocycles. The molecule has 0 spiro atoms. The molecular weight excluding hydrogens is 340 g/mol. The third-order valence-electron chi connectivity index (χ3n) is 2.68. The summed E-state index contributed by atoms with van der Waals surface area (Å²) in [7, 11) is 0. The first-order chi connectivity index (χ1) is 9.60. The van der Waals surface area contributed by atoms with Crippen molar-refractivity contribution in [1.82, 2.24) is 4.98 Å². The maximum atomic E-state index is 11.5. The number of halogens is 1. The lowest BCUT2D eigenvalue weighted by molar-refractivity contribution is 0.0520. The van der Waals surface area contributed by atoms with Gasteiger partial charge in [0.15, 0.2) is 10.8 Å². The van der Waals surface area contributed by atoms with Crippen molar-refractivity contribution >= 4 is 38.4 Å². The fourth-order valence-electron chi connectivity index (χ4n) is 1.68. The molecule has 2 aromatic rings. The Kier molecular flexibility index (Phi) is 5.14. The number of thiazole rings is 1. The molecule has 0 aliphatic carbocycles. The van der Waals surface area contributed by atoms with Crippen molar-refractivity contribution < 1.29 is 9.53 Å². The molecule has 1 unspecified atom stereocenters. The summed E-state index contributed by atoms with van der Waals surface area (Å²) in [4.78, 5) is 15.8. The van der Waals surface area contributed by atoms with Gasteiger partial charge >= 0.3 is 5.97 Å². The first-order valence-corrected chi connectivity index (χ1v) is 7.92. The third kappa shape index (κ3) is 3.80. The molecule has 1 atom stereocenters. The SMILES string of the molecule is CCOC(=O)c1csc(NC(C)c2cccc(Br)c2)n1. The number of ether oxygens (including phenoxy) is 1. The number of nitrogens with one attached hydrogen (secondary N) is 1. The van der Waals surface area contributed by atoms with Crippen molar-refractivity contribution in [3.8, 4) is 0 Å². The highest BCUT2D eigenvalue weighted by molar-refractivity contribution is 9.10. The zero-order valence-electron chi connectivity index (χ0n) is 11.2. The normalized spacial score (nSPS) is 11.9. The Hall–Kier alpha value is -1.40. The minimum atomic E-state index is -0.382. The quantitative estimate of drug-likeness (QED) is 0.815. The van der Waals surface area contributed by atoms with Crippen molar-refractivity contribution in [1.29, 1.82) is 0 Å². The van der Waals surface area contributed by atoms with Crippen LogP contribution in [0.2, 0.25) is 0 Å². The van der Waals surface area contributed by atoms with Crippen LogP contribution >= 0.6 is 27.3 Å². The van der Waals surface area contributed by atoms with Gasteiger partial charge in [-0.25, -0.2) is 9.78 Å². The van der Waals surface area contributed by atoms with Gasteiger partial charge in [-0.1, -0.05) is 28.1 Å². The molecule has 2 rings (SSSR count). The molecule has 1 N–H and O–H groups in total. The summed E-state index contributed by atoms with van der Waals surface area (Å²) < 4.78 is 5.95. The van der Waals surface area contributed by atoms with Gasteiger partial charge in [-0.3, -0.25) is 0 Å². The van der Waals surface area contributed by atoms with E-state index in [-0.39, 0.29) is 12.0 Å². The van der Waals surface area contributed by atoms with Gasteiger partial charge in [0.25, 0.3) is 0 Å². The number of esters is 1. The lowest BCUT2D eigenvalue weighted by Crippen LogP contribution is -2.08. The standard InChI is InChI=1S/C14H15BrN2O2S/c1-3-19-13(18)12-8-20-14(17-12)16-9(2)10-5-4-6-11(15)7-10/h4-9H,3H2,1-2H3,(H,16,17). The summed E-state index contributed by atoms with van der Waals surface area (Å²) >= 11 is 4.85. The zero-order chi connectivity index (χ0) is 14.5. The second-order valence-electron chi connectivity index (χ2n) is 4.18. The number of carbonyl (C=O) groups is 1. The van der Waals surface area contributed by atoms with Gasteiger partial charge in [0.05, 0.1) is 12.6 Å². The van der Waals surface area contributed by atoms with Crippen molar-refractivity contribution in [2.24, 2.45) is 0 Å². The predicted molar refractivity (Wildman–Crippen MR) is 84.3 cm³/mol. The average molecular weight is 355 g/mol. The second-order valence-corrected chi connectivity index (χ2v) is 5.95. The summed E-state index contributed by atoms with van der Waals surface area (Å²) in [6, 6.07) is 8.18. The summed E-state index contributed by atoms with van der Waals surface area (Å²) in [5.74, 6) is -0.382. The van der Waals surface area contributed by atoms with Gasteiger partial charge in [-0.15, -0.1) is 11.3 Å². The Labute approximate surface area is 130 Å². The van der Waals surface area contributed by atoms with Crippen molar-refractivity contribution in [3.63, 3.8) is 0 Å². The number of benzene rings is 1. The zero-order valence-corrected chi connectivity index (χ0v) is 13.6. The number of hydrogen-bond acceptors (Lipinski definition) is 5. The summed E-state index contributed by atoms with van der Waals surface area (Å²) in [5, 5.41) is 5.69. The molecule has 0 saturated heterocycles. The van der Waals surface area contributed by atoms with Gasteiger partial charge in [0.2, 0.25) is 0 Å². The largest absolute Gasteiger partial charge is 0.461 e. The van der Waals surface area contributed by atoms with Crippen LogP contribution in [0, 0.1) is 0 Å². The Morgan fingerprint density at radius 1 is 1.55 bits per heavy atom. The Bertz CT molecular complexity index is 600. The Morgan fingerprint density at radius 3 is 3.05 bits per heavy atom. The van der Waals surface area contributed by atoms with Gasteiger partial charge < -0.3 is 10.1 Å². The first-order valence-electron chi connectivity index (χ1n) is 6.24. The van der Waals surface area contributed by atoms with E-state index in [0.29, 0.717) is 17.4 Å². The van der Waals surface area contributed by atoms with Crippen LogP contribution in [-0.2, 0) is 4.74 Å². The van der Waals surface area contributed by atoms with Crippen LogP contribution in [0.1, 0.15) is 35.9 Å². The van der Waals surface area contributed by atoms with Crippen molar-refractivity contribution in [3.05, 3.63) is 45.4 Å². The van der Waals surface area contributed by atoms with E-state index in [0.717, 1.165) is 10.0 Å². The molecule has 0 amide bonds. The molecule has 4 nitrogen and oxygen atoms in total. The van der Waals surface area contributed by atoms with Crippen LogP contribution in [0.4, 0.5) is 5.13 Å². The molecule has 1 heterocycles. The highest BCUT2D eigenvalue weighted by Gasteiger charge is 2.13. The van der Waals surface area contributed by atoms with E-state index in [1.807, 2.05) is 25.1 Å². The van der Waals surface area contributed by atoms with Crippen LogP contribution in [0.3, 0.4) is 0 Å². The molecule has 0 fully saturated rings. The summed E-state index contributed by atoms with van der Waals surface area (Å²) in [6.45, 7) is 4.18. The van der Waals surface area contributed by atoms with Crippen LogP contribution < -0.4 is 5.32 Å². The fraction of sp³-hybridized carbons (Fsp3) is 0.286. The summed E-state index contributed by atoms with van der Waals surface area (Å²) in [6.07, 6.45) is 0. The van der Waals surface area contributed by atoms with E-state index in [2.05, 4.69) is 32.3 Å². The first kappa shape index (κ1) is 15.0. The van der Waals surface area contributed by atoms with Gasteiger partial charge in [0, 0.05) is 9.85 Å². The van der Waals surface area contributed by atoms with Crippen LogP contribution in [0.25, 0.3) is 0 Å². The average Bonchev–Trinajstić information content (AvgIpc) is 2.87. The molecule has 106 valence electrons. The Morgan fingerprint density at radius 2 is 2.35 bits per heavy atom. The molecule has 1 aromatic heterocycles. The van der Waals surface area contributed by atoms with Crippen LogP contribution in [0.5, 0.6) is 0 Å². The van der Waals surface area contributed by atoms with Gasteiger partial charge in [-0.2, -0.15) is 0 Å². The lowest BCUT2D eigenvalue weighted by Gasteiger charge is -2.13. The Balaban J connectivity index is 2.05. The molecule has 6 heteroatoms. The van der Waals surface area contributed by atoms with Gasteiger partial charge in [-0.05, 0) is 31.5 Å².